The first-order chi connectivity index (χ1) is 22.9. The van der Waals surface area contributed by atoms with Gasteiger partial charge < -0.3 is 20.0 Å². The lowest BCUT2D eigenvalue weighted by Crippen LogP contribution is -2.49. The number of pyridine rings is 2. The van der Waals surface area contributed by atoms with Gasteiger partial charge in [0, 0.05) is 54.8 Å². The number of nitrogens with zero attached hydrogens (tertiary/aromatic N) is 8. The van der Waals surface area contributed by atoms with Gasteiger partial charge in [-0.25, -0.2) is 4.68 Å². The smallest absolute Gasteiger partial charge is 0.386 e. The number of hydrogen-bond acceptors (Lipinski definition) is 9. The number of fused-ring (bicyclic) bond motifs is 3. The van der Waals surface area contributed by atoms with Crippen LogP contribution >= 0.6 is 0 Å². The molecule has 0 radical (unpaired) electrons. The molecule has 0 bridgehead atoms. The molecule has 2 unspecified atom stereocenters. The minimum Gasteiger partial charge on any atom is -0.386 e. The van der Waals surface area contributed by atoms with Gasteiger partial charge in [-0.05, 0) is 46.3 Å². The maximum atomic E-state index is 16.1. The summed E-state index contributed by atoms with van der Waals surface area (Å²) in [7, 11) is 0. The van der Waals surface area contributed by atoms with Gasteiger partial charge in [0.25, 0.3) is 0 Å². The second-order valence-electron chi connectivity index (χ2n) is 11.9. The molecule has 5 heterocycles. The van der Waals surface area contributed by atoms with Gasteiger partial charge >= 0.3 is 12.1 Å². The average Bonchev–Trinajstić information content (AvgIpc) is 3.56. The number of alkyl halides is 5. The summed E-state index contributed by atoms with van der Waals surface area (Å²) in [6.07, 6.45) is -4.70. The van der Waals surface area contributed by atoms with Crippen molar-refractivity contribution in [3.63, 3.8) is 0 Å². The average molecular weight is 665 g/mol. The zero-order valence-corrected chi connectivity index (χ0v) is 25.3. The maximum absolute atomic E-state index is 16.1. The number of halogens is 5. The van der Waals surface area contributed by atoms with Gasteiger partial charge in [0.05, 0.1) is 30.5 Å². The van der Waals surface area contributed by atoms with E-state index in [1.165, 1.54) is 30.6 Å². The highest BCUT2D eigenvalue weighted by molar-refractivity contribution is 5.67. The van der Waals surface area contributed by atoms with Crippen LogP contribution in [0, 0.1) is 0 Å². The summed E-state index contributed by atoms with van der Waals surface area (Å²) in [5.41, 5.74) is 0.234. The van der Waals surface area contributed by atoms with Crippen molar-refractivity contribution in [2.75, 3.05) is 36.0 Å². The Labute approximate surface area is 271 Å². The minimum absolute atomic E-state index is 0.0221. The van der Waals surface area contributed by atoms with Gasteiger partial charge in [0.2, 0.25) is 0 Å². The summed E-state index contributed by atoms with van der Waals surface area (Å²) in [5, 5.41) is 32.6. The van der Waals surface area contributed by atoms with Gasteiger partial charge in [0.15, 0.2) is 11.4 Å². The molecule has 2 aromatic carbocycles. The summed E-state index contributed by atoms with van der Waals surface area (Å²) < 4.78 is 71.1. The highest BCUT2D eigenvalue weighted by Gasteiger charge is 2.59. The number of hydrogen-bond donors (Lipinski definition) is 2. The van der Waals surface area contributed by atoms with Gasteiger partial charge in [0.1, 0.15) is 11.8 Å². The van der Waals surface area contributed by atoms with Crippen molar-refractivity contribution in [2.45, 2.75) is 36.8 Å². The predicted molar refractivity (Wildman–Crippen MR) is 165 cm³/mol. The molecule has 7 rings (SSSR count). The second-order valence-corrected chi connectivity index (χ2v) is 11.9. The molecule has 0 spiro atoms. The number of tetrazole rings is 1. The van der Waals surface area contributed by atoms with E-state index in [0.29, 0.717) is 43.1 Å². The lowest BCUT2D eigenvalue weighted by molar-refractivity contribution is -0.207. The van der Waals surface area contributed by atoms with Crippen LogP contribution in [0.15, 0.2) is 85.2 Å². The number of aromatic nitrogens is 6. The Morgan fingerprint density at radius 1 is 0.771 bits per heavy atom. The molecule has 1 fully saturated rings. The molecule has 0 amide bonds. The number of benzene rings is 2. The highest BCUT2D eigenvalue weighted by atomic mass is 19.4. The highest BCUT2D eigenvalue weighted by Crippen LogP contribution is 2.50. The van der Waals surface area contributed by atoms with E-state index >= 15 is 8.78 Å². The van der Waals surface area contributed by atoms with Crippen molar-refractivity contribution >= 4 is 11.4 Å². The van der Waals surface area contributed by atoms with Crippen LogP contribution in [0.5, 0.6) is 0 Å². The molecule has 5 aromatic rings. The second kappa shape index (κ2) is 11.9. The van der Waals surface area contributed by atoms with E-state index in [1.807, 2.05) is 24.3 Å². The van der Waals surface area contributed by atoms with E-state index in [4.69, 9.17) is 0 Å². The zero-order chi connectivity index (χ0) is 33.7. The molecule has 2 aliphatic heterocycles. The number of aliphatic hydroxyl groups is 2. The molecule has 0 aliphatic carbocycles. The SMILES string of the molecule is OC(CC(F)(F)F)c1ccc(N2CCN(c3ccc(-c4ccc(C(F)(F)C5(O)Cn6nnnc6-c6ccccc65)nc4)cc3)CC2)cn1. The van der Waals surface area contributed by atoms with E-state index in [0.717, 1.165) is 21.6 Å². The number of anilines is 2. The fourth-order valence-electron chi connectivity index (χ4n) is 6.27. The van der Waals surface area contributed by atoms with Crippen LogP contribution in [0.2, 0.25) is 0 Å². The van der Waals surface area contributed by atoms with Crippen LogP contribution in [0.25, 0.3) is 22.5 Å². The Bertz CT molecular complexity index is 1890. The zero-order valence-electron chi connectivity index (χ0n) is 25.3. The first-order valence-electron chi connectivity index (χ1n) is 15.2. The van der Waals surface area contributed by atoms with Gasteiger partial charge in [-0.1, -0.05) is 42.5 Å². The van der Waals surface area contributed by atoms with Crippen molar-refractivity contribution in [3.8, 4) is 22.5 Å². The first-order valence-corrected chi connectivity index (χ1v) is 15.2. The molecular weight excluding hydrogens is 635 g/mol. The third-order valence-electron chi connectivity index (χ3n) is 8.88. The maximum Gasteiger partial charge on any atom is 0.391 e. The summed E-state index contributed by atoms with van der Waals surface area (Å²) in [4.78, 5) is 12.4. The quantitative estimate of drug-likeness (QED) is 0.229. The first kappa shape index (κ1) is 31.6. The summed E-state index contributed by atoms with van der Waals surface area (Å²) in [5.74, 6) is -3.47. The number of rotatable bonds is 7. The summed E-state index contributed by atoms with van der Waals surface area (Å²) >= 11 is 0. The topological polar surface area (TPSA) is 116 Å². The van der Waals surface area contributed by atoms with Gasteiger partial charge in [-0.15, -0.1) is 5.10 Å². The lowest BCUT2D eigenvalue weighted by Gasteiger charge is -2.39. The van der Waals surface area contributed by atoms with Crippen molar-refractivity contribution < 1.29 is 32.2 Å². The van der Waals surface area contributed by atoms with Crippen molar-refractivity contribution in [2.24, 2.45) is 0 Å². The largest absolute Gasteiger partial charge is 0.391 e. The van der Waals surface area contributed by atoms with E-state index in [9.17, 15) is 23.4 Å². The van der Waals surface area contributed by atoms with E-state index in [-0.39, 0.29) is 11.3 Å². The van der Waals surface area contributed by atoms with Crippen LogP contribution in [0.4, 0.5) is 33.3 Å². The molecule has 1 saturated heterocycles. The standard InChI is InChI=1S/C33H29F5N8O2/c34-32(35,36)17-28(47)27-11-10-24(19-39-27)45-15-13-44(14-16-45)23-8-5-21(6-9-23)22-7-12-29(40-18-22)33(37,38)31(48)20-46-30(41-42-43-46)25-3-1-2-4-26(25)31/h1-12,18-19,28,47-48H,13-17,20H2. The number of piperazine rings is 1. The summed E-state index contributed by atoms with van der Waals surface area (Å²) in [6.45, 7) is 2.12. The summed E-state index contributed by atoms with van der Waals surface area (Å²) in [6, 6.07) is 19.8. The monoisotopic (exact) mass is 664 g/mol. The molecule has 2 atom stereocenters. The Balaban J connectivity index is 1.00. The predicted octanol–water partition coefficient (Wildman–Crippen LogP) is 5.10. The Kier molecular flexibility index (Phi) is 7.83. The molecule has 10 nitrogen and oxygen atoms in total. The normalized spacial score (nSPS) is 18.7. The van der Waals surface area contributed by atoms with Crippen LogP contribution in [-0.4, -0.2) is 72.7 Å². The van der Waals surface area contributed by atoms with E-state index < -0.39 is 42.5 Å². The molecule has 15 heteroatoms. The molecule has 0 saturated carbocycles. The number of aliphatic hydroxyl groups excluding tert-OH is 1. The van der Waals surface area contributed by atoms with Crippen LogP contribution in [0.3, 0.4) is 0 Å². The van der Waals surface area contributed by atoms with Crippen LogP contribution < -0.4 is 9.80 Å². The Hall–Kier alpha value is -5.02. The molecule has 3 aromatic heterocycles. The van der Waals surface area contributed by atoms with Crippen molar-refractivity contribution in [1.29, 1.82) is 0 Å². The fourth-order valence-corrected chi connectivity index (χ4v) is 6.27. The molecular formula is C33H29F5N8O2. The van der Waals surface area contributed by atoms with Crippen LogP contribution in [-0.2, 0) is 18.1 Å². The minimum atomic E-state index is -4.48. The lowest BCUT2D eigenvalue weighted by atomic mass is 9.80. The van der Waals surface area contributed by atoms with E-state index in [2.05, 4.69) is 35.3 Å². The van der Waals surface area contributed by atoms with Crippen molar-refractivity contribution in [1.82, 2.24) is 30.2 Å². The molecule has 248 valence electrons. The molecule has 48 heavy (non-hydrogen) atoms. The van der Waals surface area contributed by atoms with E-state index in [1.54, 1.807) is 30.3 Å². The van der Waals surface area contributed by atoms with Gasteiger partial charge in [-0.3, -0.25) is 9.97 Å². The van der Waals surface area contributed by atoms with Gasteiger partial charge in [-0.2, -0.15) is 22.0 Å². The van der Waals surface area contributed by atoms with Crippen LogP contribution in [0.1, 0.15) is 29.5 Å². The Morgan fingerprint density at radius 3 is 2.08 bits per heavy atom. The fraction of sp³-hybridized carbons (Fsp3) is 0.303. The molecule has 2 aliphatic rings. The third kappa shape index (κ3) is 5.72. The molecule has 2 N–H and O–H groups in total. The Morgan fingerprint density at radius 2 is 1.44 bits per heavy atom. The third-order valence-corrected chi connectivity index (χ3v) is 8.88. The van der Waals surface area contributed by atoms with Crippen molar-refractivity contribution in [3.05, 3.63) is 102 Å².